The molecule has 0 heterocycles. The Balaban J connectivity index is 2.58. The van der Waals surface area contributed by atoms with Crippen LogP contribution in [0.5, 0.6) is 0 Å². The van der Waals surface area contributed by atoms with E-state index in [1.807, 2.05) is 12.1 Å². The highest BCUT2D eigenvalue weighted by atomic mass is 16.1. The third-order valence-electron chi connectivity index (χ3n) is 2.96. The second-order valence-corrected chi connectivity index (χ2v) is 3.77. The summed E-state index contributed by atoms with van der Waals surface area (Å²) in [6.45, 7) is 4.25. The van der Waals surface area contributed by atoms with Crippen LogP contribution in [0.3, 0.4) is 0 Å². The maximum Gasteiger partial charge on any atom is 0.163 e. The molecular formula is C12H14O. The second-order valence-electron chi connectivity index (χ2n) is 3.77. The molecule has 0 fully saturated rings. The summed E-state index contributed by atoms with van der Waals surface area (Å²) in [5, 5.41) is 0. The van der Waals surface area contributed by atoms with Gasteiger partial charge in [0, 0.05) is 12.0 Å². The van der Waals surface area contributed by atoms with E-state index in [0.717, 1.165) is 18.4 Å². The van der Waals surface area contributed by atoms with E-state index < -0.39 is 0 Å². The van der Waals surface area contributed by atoms with Crippen LogP contribution < -0.4 is 0 Å². The fourth-order valence-electron chi connectivity index (χ4n) is 2.25. The molecule has 0 aliphatic heterocycles. The van der Waals surface area contributed by atoms with Crippen molar-refractivity contribution in [2.24, 2.45) is 0 Å². The molecule has 0 bridgehead atoms. The maximum absolute atomic E-state index is 11.6. The first-order valence-electron chi connectivity index (χ1n) is 4.86. The average molecular weight is 174 g/mol. The summed E-state index contributed by atoms with van der Waals surface area (Å²) >= 11 is 0. The van der Waals surface area contributed by atoms with E-state index in [-0.39, 0.29) is 0 Å². The molecule has 1 heteroatoms. The molecule has 0 N–H and O–H groups in total. The van der Waals surface area contributed by atoms with E-state index in [0.29, 0.717) is 11.7 Å². The van der Waals surface area contributed by atoms with Crippen LogP contribution in [0.15, 0.2) is 18.2 Å². The van der Waals surface area contributed by atoms with Crippen LogP contribution in [0.4, 0.5) is 0 Å². The van der Waals surface area contributed by atoms with E-state index in [9.17, 15) is 4.79 Å². The standard InChI is InChI=1S/C12H14O/c1-3-9-7-11(13)10-6-4-5-8(2)12(9)10/h4-6,9H,3,7H2,1-2H3. The van der Waals surface area contributed by atoms with Crippen LogP contribution in [0.25, 0.3) is 0 Å². The van der Waals surface area contributed by atoms with Crippen molar-refractivity contribution in [3.63, 3.8) is 0 Å². The van der Waals surface area contributed by atoms with Gasteiger partial charge in [0.15, 0.2) is 5.78 Å². The lowest BCUT2D eigenvalue weighted by Crippen LogP contribution is -1.93. The third kappa shape index (κ3) is 1.19. The largest absolute Gasteiger partial charge is 0.294 e. The Hall–Kier alpha value is -1.11. The predicted molar refractivity (Wildman–Crippen MR) is 53.2 cm³/mol. The van der Waals surface area contributed by atoms with E-state index in [1.165, 1.54) is 11.1 Å². The number of benzene rings is 1. The van der Waals surface area contributed by atoms with Gasteiger partial charge in [0.05, 0.1) is 0 Å². The summed E-state index contributed by atoms with van der Waals surface area (Å²) in [5.74, 6) is 0.800. The van der Waals surface area contributed by atoms with Gasteiger partial charge in [-0.15, -0.1) is 0 Å². The summed E-state index contributed by atoms with van der Waals surface area (Å²) in [6, 6.07) is 6.03. The fourth-order valence-corrected chi connectivity index (χ4v) is 2.25. The number of aryl methyl sites for hydroxylation is 1. The lowest BCUT2D eigenvalue weighted by molar-refractivity contribution is 0.0988. The van der Waals surface area contributed by atoms with Crippen LogP contribution >= 0.6 is 0 Å². The summed E-state index contributed by atoms with van der Waals surface area (Å²) in [7, 11) is 0. The Morgan fingerprint density at radius 1 is 1.46 bits per heavy atom. The molecule has 0 spiro atoms. The van der Waals surface area contributed by atoms with Crippen molar-refractivity contribution in [3.8, 4) is 0 Å². The van der Waals surface area contributed by atoms with Crippen molar-refractivity contribution in [1.29, 1.82) is 0 Å². The number of fused-ring (bicyclic) bond motifs is 1. The minimum absolute atomic E-state index is 0.325. The first-order chi connectivity index (χ1) is 6.24. The molecule has 0 radical (unpaired) electrons. The van der Waals surface area contributed by atoms with Gasteiger partial charge in [-0.3, -0.25) is 4.79 Å². The number of ketones is 1. The number of Topliss-reactive ketones (excluding diaryl/α,β-unsaturated/α-hetero) is 1. The van der Waals surface area contributed by atoms with E-state index >= 15 is 0 Å². The summed E-state index contributed by atoms with van der Waals surface area (Å²) in [6.07, 6.45) is 1.79. The van der Waals surface area contributed by atoms with Crippen LogP contribution in [0.1, 0.15) is 47.2 Å². The number of hydrogen-bond acceptors (Lipinski definition) is 1. The number of carbonyl (C=O) groups is 1. The smallest absolute Gasteiger partial charge is 0.163 e. The van der Waals surface area contributed by atoms with Gasteiger partial charge < -0.3 is 0 Å². The zero-order chi connectivity index (χ0) is 9.42. The quantitative estimate of drug-likeness (QED) is 0.639. The normalized spacial score (nSPS) is 20.5. The Kier molecular flexibility index (Phi) is 1.95. The monoisotopic (exact) mass is 174 g/mol. The van der Waals surface area contributed by atoms with Crippen LogP contribution in [-0.2, 0) is 0 Å². The predicted octanol–water partition coefficient (Wildman–Crippen LogP) is 3.08. The Morgan fingerprint density at radius 2 is 2.23 bits per heavy atom. The first kappa shape index (κ1) is 8.49. The molecule has 1 aliphatic carbocycles. The van der Waals surface area contributed by atoms with Crippen molar-refractivity contribution in [2.75, 3.05) is 0 Å². The molecule has 1 nitrogen and oxygen atoms in total. The molecule has 1 aromatic carbocycles. The lowest BCUT2D eigenvalue weighted by atomic mass is 9.95. The van der Waals surface area contributed by atoms with Crippen LogP contribution in [0.2, 0.25) is 0 Å². The van der Waals surface area contributed by atoms with E-state index in [1.54, 1.807) is 0 Å². The molecule has 13 heavy (non-hydrogen) atoms. The SMILES string of the molecule is CCC1CC(=O)c2cccc(C)c21. The zero-order valence-electron chi connectivity index (χ0n) is 8.13. The Bertz CT molecular complexity index is 352. The van der Waals surface area contributed by atoms with Gasteiger partial charge in [-0.25, -0.2) is 0 Å². The Morgan fingerprint density at radius 3 is 2.92 bits per heavy atom. The minimum Gasteiger partial charge on any atom is -0.294 e. The topological polar surface area (TPSA) is 17.1 Å². The Labute approximate surface area is 78.8 Å². The minimum atomic E-state index is 0.325. The molecule has 1 aliphatic rings. The summed E-state index contributed by atoms with van der Waals surface area (Å²) in [5.41, 5.74) is 3.54. The number of carbonyl (C=O) groups excluding carboxylic acids is 1. The molecule has 1 aromatic rings. The summed E-state index contributed by atoms with van der Waals surface area (Å²) in [4.78, 5) is 11.6. The van der Waals surface area contributed by atoms with E-state index in [2.05, 4.69) is 19.9 Å². The second kappa shape index (κ2) is 2.99. The van der Waals surface area contributed by atoms with Gasteiger partial charge in [0.2, 0.25) is 0 Å². The summed E-state index contributed by atoms with van der Waals surface area (Å²) < 4.78 is 0. The van der Waals surface area contributed by atoms with Gasteiger partial charge >= 0.3 is 0 Å². The maximum atomic E-state index is 11.6. The van der Waals surface area contributed by atoms with Crippen molar-refractivity contribution in [2.45, 2.75) is 32.6 Å². The molecule has 2 rings (SSSR count). The van der Waals surface area contributed by atoms with E-state index in [4.69, 9.17) is 0 Å². The van der Waals surface area contributed by atoms with Gasteiger partial charge in [-0.1, -0.05) is 25.1 Å². The zero-order valence-corrected chi connectivity index (χ0v) is 8.13. The third-order valence-corrected chi connectivity index (χ3v) is 2.96. The molecule has 1 unspecified atom stereocenters. The highest BCUT2D eigenvalue weighted by Crippen LogP contribution is 2.36. The van der Waals surface area contributed by atoms with Crippen LogP contribution in [0, 0.1) is 6.92 Å². The molecule has 0 saturated heterocycles. The molecule has 0 aromatic heterocycles. The van der Waals surface area contributed by atoms with Gasteiger partial charge in [0.25, 0.3) is 0 Å². The number of rotatable bonds is 1. The molecule has 0 amide bonds. The highest BCUT2D eigenvalue weighted by molar-refractivity contribution is 6.01. The average Bonchev–Trinajstić information content (AvgIpc) is 2.45. The molecule has 1 atom stereocenters. The molecule has 0 saturated carbocycles. The lowest BCUT2D eigenvalue weighted by Gasteiger charge is -2.09. The van der Waals surface area contributed by atoms with Gasteiger partial charge in [-0.05, 0) is 30.4 Å². The van der Waals surface area contributed by atoms with Crippen molar-refractivity contribution in [1.82, 2.24) is 0 Å². The van der Waals surface area contributed by atoms with Gasteiger partial charge in [0.1, 0.15) is 0 Å². The fraction of sp³-hybridized carbons (Fsp3) is 0.417. The molecular weight excluding hydrogens is 160 g/mol. The van der Waals surface area contributed by atoms with Crippen molar-refractivity contribution in [3.05, 3.63) is 34.9 Å². The molecule has 68 valence electrons. The number of hydrogen-bond donors (Lipinski definition) is 0. The van der Waals surface area contributed by atoms with Crippen molar-refractivity contribution >= 4 is 5.78 Å². The highest BCUT2D eigenvalue weighted by Gasteiger charge is 2.28. The van der Waals surface area contributed by atoms with Gasteiger partial charge in [-0.2, -0.15) is 0 Å². The van der Waals surface area contributed by atoms with Crippen LogP contribution in [-0.4, -0.2) is 5.78 Å². The first-order valence-corrected chi connectivity index (χ1v) is 4.86. The van der Waals surface area contributed by atoms with Crippen molar-refractivity contribution < 1.29 is 4.79 Å².